The Balaban J connectivity index is 0.00000280. The number of nitrogens with one attached hydrogen (secondary N) is 2. The topological polar surface area (TPSA) is 71.7 Å². The molecule has 0 aliphatic rings. The van der Waals surface area contributed by atoms with Crippen molar-refractivity contribution in [1.82, 2.24) is 15.6 Å². The van der Waals surface area contributed by atoms with Crippen molar-refractivity contribution in [1.29, 1.82) is 0 Å². The highest BCUT2D eigenvalue weighted by molar-refractivity contribution is 14.0. The first-order valence-corrected chi connectivity index (χ1v) is 9.80. The molecule has 0 saturated carbocycles. The fourth-order valence-electron chi connectivity index (χ4n) is 2.62. The van der Waals surface area contributed by atoms with Gasteiger partial charge in [-0.1, -0.05) is 24.3 Å². The molecule has 2 aromatic heterocycles. The number of benzene rings is 1. The minimum Gasteiger partial charge on any atom is -0.496 e. The average Bonchev–Trinajstić information content (AvgIpc) is 3.38. The number of guanidine groups is 1. The number of aromatic nitrogens is 1. The Bertz CT molecular complexity index is 865. The molecule has 6 nitrogen and oxygen atoms in total. The third-order valence-electron chi connectivity index (χ3n) is 3.91. The summed E-state index contributed by atoms with van der Waals surface area (Å²) in [6.45, 7) is 4.05. The van der Waals surface area contributed by atoms with Crippen LogP contribution >= 0.6 is 35.3 Å². The van der Waals surface area contributed by atoms with Gasteiger partial charge in [-0.05, 0) is 36.4 Å². The number of hydrogen-bond acceptors (Lipinski definition) is 5. The summed E-state index contributed by atoms with van der Waals surface area (Å²) in [7, 11) is 1.69. The highest BCUT2D eigenvalue weighted by Crippen LogP contribution is 2.23. The van der Waals surface area contributed by atoms with Crippen LogP contribution in [0.1, 0.15) is 18.2 Å². The van der Waals surface area contributed by atoms with E-state index in [-0.39, 0.29) is 24.0 Å². The van der Waals surface area contributed by atoms with E-state index in [1.165, 1.54) is 5.56 Å². The normalized spacial score (nSPS) is 11.0. The standard InChI is InChI=1S/C20H24N4O2S.HI/c1-3-21-20(22-11-10-15-7-4-5-8-17(15)25-2)23-13-16-14-26-19(24-16)18-9-6-12-27-18;/h4-9,12,14H,3,10-11,13H2,1-2H3,(H2,21,22,23);1H. The van der Waals surface area contributed by atoms with Crippen molar-refractivity contribution in [3.8, 4) is 16.5 Å². The Labute approximate surface area is 186 Å². The number of ether oxygens (including phenoxy) is 1. The van der Waals surface area contributed by atoms with Crippen molar-refractivity contribution in [2.75, 3.05) is 20.2 Å². The van der Waals surface area contributed by atoms with E-state index in [1.807, 2.05) is 42.6 Å². The van der Waals surface area contributed by atoms with Crippen LogP contribution in [0.3, 0.4) is 0 Å². The van der Waals surface area contributed by atoms with E-state index >= 15 is 0 Å². The molecule has 2 N–H and O–H groups in total. The van der Waals surface area contributed by atoms with Crippen LogP contribution in [0.5, 0.6) is 5.75 Å². The van der Waals surface area contributed by atoms with Crippen molar-refractivity contribution in [3.63, 3.8) is 0 Å². The van der Waals surface area contributed by atoms with Crippen LogP contribution in [0.25, 0.3) is 10.8 Å². The SMILES string of the molecule is CCNC(=NCc1coc(-c2cccs2)n1)NCCc1ccccc1OC.I. The number of methoxy groups -OCH3 is 1. The van der Waals surface area contributed by atoms with E-state index in [2.05, 4.69) is 26.7 Å². The molecule has 0 fully saturated rings. The van der Waals surface area contributed by atoms with E-state index in [0.717, 1.165) is 41.8 Å². The second-order valence-electron chi connectivity index (χ2n) is 5.81. The molecule has 0 aliphatic heterocycles. The van der Waals surface area contributed by atoms with Crippen LogP contribution in [0.2, 0.25) is 0 Å². The third-order valence-corrected chi connectivity index (χ3v) is 4.76. The lowest BCUT2D eigenvalue weighted by molar-refractivity contribution is 0.409. The predicted molar refractivity (Wildman–Crippen MR) is 125 cm³/mol. The largest absolute Gasteiger partial charge is 0.496 e. The summed E-state index contributed by atoms with van der Waals surface area (Å²) in [6.07, 6.45) is 2.51. The molecule has 28 heavy (non-hydrogen) atoms. The summed E-state index contributed by atoms with van der Waals surface area (Å²) in [5.74, 6) is 2.31. The van der Waals surface area contributed by atoms with Gasteiger partial charge in [0.1, 0.15) is 17.7 Å². The maximum absolute atomic E-state index is 5.54. The number of thiophene rings is 1. The first-order chi connectivity index (χ1) is 13.3. The lowest BCUT2D eigenvalue weighted by atomic mass is 10.1. The maximum Gasteiger partial charge on any atom is 0.236 e. The summed E-state index contributed by atoms with van der Waals surface area (Å²) >= 11 is 1.61. The van der Waals surface area contributed by atoms with Gasteiger partial charge in [0.05, 0.1) is 18.5 Å². The predicted octanol–water partition coefficient (Wildman–Crippen LogP) is 4.33. The zero-order valence-electron chi connectivity index (χ0n) is 16.0. The second kappa shape index (κ2) is 11.7. The lowest BCUT2D eigenvalue weighted by Gasteiger charge is -2.12. The van der Waals surface area contributed by atoms with Crippen LogP contribution in [0.15, 0.2) is 57.5 Å². The van der Waals surface area contributed by atoms with Gasteiger partial charge in [-0.2, -0.15) is 0 Å². The molecule has 0 radical (unpaired) electrons. The van der Waals surface area contributed by atoms with Gasteiger partial charge in [0.25, 0.3) is 0 Å². The van der Waals surface area contributed by atoms with Gasteiger partial charge in [0.2, 0.25) is 5.89 Å². The van der Waals surface area contributed by atoms with E-state index in [9.17, 15) is 0 Å². The quantitative estimate of drug-likeness (QED) is 0.267. The van der Waals surface area contributed by atoms with Crippen LogP contribution in [0, 0.1) is 0 Å². The Morgan fingerprint density at radius 2 is 2.07 bits per heavy atom. The summed E-state index contributed by atoms with van der Waals surface area (Å²) in [6, 6.07) is 12.0. The van der Waals surface area contributed by atoms with Crippen molar-refractivity contribution >= 4 is 41.3 Å². The highest BCUT2D eigenvalue weighted by Gasteiger charge is 2.08. The number of oxazole rings is 1. The van der Waals surface area contributed by atoms with Crippen LogP contribution in [-0.4, -0.2) is 31.1 Å². The molecule has 0 spiro atoms. The zero-order valence-corrected chi connectivity index (χ0v) is 19.1. The average molecular weight is 512 g/mol. The summed E-state index contributed by atoms with van der Waals surface area (Å²) in [5.41, 5.74) is 1.97. The number of rotatable bonds is 8. The third kappa shape index (κ3) is 6.23. The van der Waals surface area contributed by atoms with Crippen LogP contribution in [0.4, 0.5) is 0 Å². The zero-order chi connectivity index (χ0) is 18.9. The van der Waals surface area contributed by atoms with Crippen molar-refractivity contribution in [2.24, 2.45) is 4.99 Å². The van der Waals surface area contributed by atoms with Gasteiger partial charge < -0.3 is 19.8 Å². The number of nitrogens with zero attached hydrogens (tertiary/aromatic N) is 2. The molecular formula is C20H25IN4O2S. The molecule has 0 atom stereocenters. The molecule has 3 aromatic rings. The minimum absolute atomic E-state index is 0. The summed E-state index contributed by atoms with van der Waals surface area (Å²) in [5, 5.41) is 8.61. The molecule has 0 bridgehead atoms. The van der Waals surface area contributed by atoms with Crippen LogP contribution in [-0.2, 0) is 13.0 Å². The molecule has 8 heteroatoms. The molecule has 0 saturated heterocycles. The Morgan fingerprint density at radius 1 is 1.21 bits per heavy atom. The number of hydrogen-bond donors (Lipinski definition) is 2. The van der Waals surface area contributed by atoms with Gasteiger partial charge in [-0.3, -0.25) is 0 Å². The first-order valence-electron chi connectivity index (χ1n) is 8.92. The number of para-hydroxylation sites is 1. The van der Waals surface area contributed by atoms with Crippen LogP contribution < -0.4 is 15.4 Å². The summed E-state index contributed by atoms with van der Waals surface area (Å²) < 4.78 is 10.9. The fourth-order valence-corrected chi connectivity index (χ4v) is 3.28. The minimum atomic E-state index is 0. The van der Waals surface area contributed by atoms with Gasteiger partial charge in [-0.15, -0.1) is 35.3 Å². The first kappa shape index (κ1) is 22.2. The Hall–Kier alpha value is -2.07. The monoisotopic (exact) mass is 512 g/mol. The van der Waals surface area contributed by atoms with Crippen molar-refractivity contribution in [2.45, 2.75) is 19.9 Å². The van der Waals surface area contributed by atoms with Gasteiger partial charge in [0, 0.05) is 13.1 Å². The molecule has 0 aliphatic carbocycles. The smallest absolute Gasteiger partial charge is 0.236 e. The maximum atomic E-state index is 5.54. The molecular weight excluding hydrogens is 487 g/mol. The summed E-state index contributed by atoms with van der Waals surface area (Å²) in [4.78, 5) is 10.1. The molecule has 150 valence electrons. The van der Waals surface area contributed by atoms with Gasteiger partial charge in [0.15, 0.2) is 5.96 Å². The van der Waals surface area contributed by atoms with Gasteiger partial charge >= 0.3 is 0 Å². The van der Waals surface area contributed by atoms with E-state index < -0.39 is 0 Å². The van der Waals surface area contributed by atoms with E-state index in [0.29, 0.717) is 12.4 Å². The number of halogens is 1. The molecule has 0 amide bonds. The van der Waals surface area contributed by atoms with Crippen molar-refractivity contribution < 1.29 is 9.15 Å². The van der Waals surface area contributed by atoms with E-state index in [1.54, 1.807) is 24.7 Å². The molecule has 2 heterocycles. The highest BCUT2D eigenvalue weighted by atomic mass is 127. The van der Waals surface area contributed by atoms with Gasteiger partial charge in [-0.25, -0.2) is 9.98 Å². The number of aliphatic imine (C=N–C) groups is 1. The fraction of sp³-hybridized carbons (Fsp3) is 0.300. The second-order valence-corrected chi connectivity index (χ2v) is 6.75. The van der Waals surface area contributed by atoms with E-state index in [4.69, 9.17) is 9.15 Å². The lowest BCUT2D eigenvalue weighted by Crippen LogP contribution is -2.38. The Morgan fingerprint density at radius 3 is 2.82 bits per heavy atom. The molecule has 1 aromatic carbocycles. The van der Waals surface area contributed by atoms with Crippen molar-refractivity contribution in [3.05, 3.63) is 59.3 Å². The molecule has 0 unspecified atom stereocenters. The molecule has 3 rings (SSSR count). The Kier molecular flexibility index (Phi) is 9.29.